The van der Waals surface area contributed by atoms with Gasteiger partial charge in [0.25, 0.3) is 5.88 Å². The predicted octanol–water partition coefficient (Wildman–Crippen LogP) is 5.52. The van der Waals surface area contributed by atoms with Gasteiger partial charge in [0.2, 0.25) is 5.78 Å². The van der Waals surface area contributed by atoms with E-state index in [1.807, 2.05) is 14.1 Å². The van der Waals surface area contributed by atoms with Crippen molar-refractivity contribution in [2.24, 2.45) is 29.6 Å². The number of aliphatic hydroxyl groups excluding tert-OH is 1. The molecule has 1 N–H and O–H groups in total. The summed E-state index contributed by atoms with van der Waals surface area (Å²) in [5.41, 5.74) is 1.47. The van der Waals surface area contributed by atoms with Crippen LogP contribution in [0.2, 0.25) is 18.6 Å². The highest BCUT2D eigenvalue weighted by Gasteiger charge is 2.62. The van der Waals surface area contributed by atoms with Gasteiger partial charge < -0.3 is 14.4 Å². The maximum Gasteiger partial charge on any atom is 0.265 e. The minimum atomic E-state index is -1.85. The summed E-state index contributed by atoms with van der Waals surface area (Å²) in [6.07, 6.45) is 7.50. The summed E-state index contributed by atoms with van der Waals surface area (Å²) >= 11 is 0. The SMILES string of the molecule is CCCCOc1noc2c1C(=O)C1=C(O)[C@H]3[C@@H](C[C@H]1[C@H]2N(C)C)[C@H]1C=C[C@@H]3C1[Si](C)(C)c1ccccc1. The molecule has 0 spiro atoms. The molecule has 1 fully saturated rings. The van der Waals surface area contributed by atoms with Crippen molar-refractivity contribution >= 4 is 19.0 Å². The van der Waals surface area contributed by atoms with E-state index in [9.17, 15) is 9.90 Å². The van der Waals surface area contributed by atoms with E-state index < -0.39 is 8.07 Å². The summed E-state index contributed by atoms with van der Waals surface area (Å²) in [7, 11) is 2.18. The van der Waals surface area contributed by atoms with E-state index in [0.717, 1.165) is 19.3 Å². The molecule has 0 radical (unpaired) electrons. The smallest absolute Gasteiger partial charge is 0.265 e. The average molecular weight is 519 g/mol. The Morgan fingerprint density at radius 2 is 1.89 bits per heavy atom. The Balaban J connectivity index is 1.41. The first kappa shape index (κ1) is 24.7. The zero-order valence-electron chi connectivity index (χ0n) is 22.5. The van der Waals surface area contributed by atoms with E-state index in [1.165, 1.54) is 5.19 Å². The molecule has 0 amide bonds. The third-order valence-corrected chi connectivity index (χ3v) is 14.0. The molecular formula is C30H38N2O4Si. The molecule has 196 valence electrons. The number of Topliss-reactive ketones (excluding diaryl/α,β-unsaturated/α-hetero) is 1. The molecule has 1 heterocycles. The van der Waals surface area contributed by atoms with Gasteiger partial charge in [-0.25, -0.2) is 0 Å². The van der Waals surface area contributed by atoms with E-state index in [-0.39, 0.29) is 35.5 Å². The molecule has 6 rings (SSSR count). The Bertz CT molecular complexity index is 1260. The third kappa shape index (κ3) is 3.53. The topological polar surface area (TPSA) is 75.8 Å². The molecule has 1 aromatic heterocycles. The zero-order chi connectivity index (χ0) is 26.1. The Morgan fingerprint density at radius 3 is 2.59 bits per heavy atom. The van der Waals surface area contributed by atoms with Crippen LogP contribution in [-0.4, -0.2) is 49.7 Å². The summed E-state index contributed by atoms with van der Waals surface area (Å²) in [4.78, 5) is 16.1. The molecule has 7 heteroatoms. The van der Waals surface area contributed by atoms with Crippen molar-refractivity contribution in [1.29, 1.82) is 0 Å². The molecule has 6 nitrogen and oxygen atoms in total. The first-order chi connectivity index (χ1) is 17.8. The van der Waals surface area contributed by atoms with Gasteiger partial charge >= 0.3 is 0 Å². The van der Waals surface area contributed by atoms with Crippen molar-refractivity contribution in [3.8, 4) is 5.88 Å². The van der Waals surface area contributed by atoms with Crippen LogP contribution in [0.1, 0.15) is 48.3 Å². The van der Waals surface area contributed by atoms with Gasteiger partial charge in [0, 0.05) is 17.4 Å². The molecule has 1 unspecified atom stereocenters. The van der Waals surface area contributed by atoms with E-state index >= 15 is 0 Å². The van der Waals surface area contributed by atoms with E-state index in [1.54, 1.807) is 0 Å². The van der Waals surface area contributed by atoms with Crippen molar-refractivity contribution < 1.29 is 19.2 Å². The Labute approximate surface area is 220 Å². The minimum absolute atomic E-state index is 0.000584. The highest BCUT2D eigenvalue weighted by Crippen LogP contribution is 2.66. The Kier molecular flexibility index (Phi) is 5.99. The summed E-state index contributed by atoms with van der Waals surface area (Å²) in [5.74, 6) is 1.88. The molecule has 37 heavy (non-hydrogen) atoms. The lowest BCUT2D eigenvalue weighted by atomic mass is 9.63. The average Bonchev–Trinajstić information content (AvgIpc) is 3.58. The van der Waals surface area contributed by atoms with Gasteiger partial charge in [-0.05, 0) is 55.4 Å². The number of nitrogens with zero attached hydrogens (tertiary/aromatic N) is 2. The first-order valence-electron chi connectivity index (χ1n) is 13.8. The lowest BCUT2D eigenvalue weighted by Crippen LogP contribution is -2.48. The highest BCUT2D eigenvalue weighted by atomic mass is 28.3. The Hall–Kier alpha value is -2.64. The fourth-order valence-electron chi connectivity index (χ4n) is 8.11. The number of fused-ring (bicyclic) bond motifs is 7. The minimum Gasteiger partial charge on any atom is -0.512 e. The normalized spacial score (nSPS) is 32.1. The van der Waals surface area contributed by atoms with Crippen LogP contribution in [0.15, 0.2) is 58.3 Å². The number of benzene rings is 1. The quantitative estimate of drug-likeness (QED) is 0.296. The van der Waals surface area contributed by atoms with Gasteiger partial charge in [-0.3, -0.25) is 9.69 Å². The number of aliphatic hydroxyl groups is 1. The summed E-state index contributed by atoms with van der Waals surface area (Å²) in [6, 6.07) is 10.8. The molecule has 2 bridgehead atoms. The van der Waals surface area contributed by atoms with E-state index in [0.29, 0.717) is 46.6 Å². The monoisotopic (exact) mass is 518 g/mol. The summed E-state index contributed by atoms with van der Waals surface area (Å²) < 4.78 is 11.7. The highest BCUT2D eigenvalue weighted by molar-refractivity contribution is 6.91. The molecule has 0 aliphatic heterocycles. The molecule has 0 saturated heterocycles. The number of hydrogen-bond acceptors (Lipinski definition) is 6. The number of aromatic nitrogens is 1. The fourth-order valence-corrected chi connectivity index (χ4v) is 12.2. The van der Waals surface area contributed by atoms with Crippen LogP contribution in [0.5, 0.6) is 5.88 Å². The second-order valence-electron chi connectivity index (χ2n) is 12.2. The number of rotatable bonds is 7. The second-order valence-corrected chi connectivity index (χ2v) is 16.8. The number of ether oxygens (including phenoxy) is 1. The molecule has 2 aromatic rings. The van der Waals surface area contributed by atoms with Crippen molar-refractivity contribution in [3.05, 3.63) is 65.1 Å². The number of allylic oxidation sites excluding steroid dienone is 3. The number of unbranched alkanes of at least 4 members (excludes halogenated alkanes) is 1. The van der Waals surface area contributed by atoms with Gasteiger partial charge in [-0.15, -0.1) is 0 Å². The van der Waals surface area contributed by atoms with Gasteiger partial charge in [-0.2, -0.15) is 0 Å². The van der Waals surface area contributed by atoms with Gasteiger partial charge in [0.15, 0.2) is 5.76 Å². The number of ketones is 1. The second kappa shape index (κ2) is 8.98. The third-order valence-electron chi connectivity index (χ3n) is 9.70. The number of carbonyl (C=O) groups excluding carboxylic acids is 1. The first-order valence-corrected chi connectivity index (χ1v) is 16.8. The lowest BCUT2D eigenvalue weighted by Gasteiger charge is -2.43. The van der Waals surface area contributed by atoms with Crippen LogP contribution >= 0.6 is 0 Å². The van der Waals surface area contributed by atoms with Crippen LogP contribution in [0.25, 0.3) is 0 Å². The molecule has 4 aliphatic carbocycles. The van der Waals surface area contributed by atoms with Crippen LogP contribution in [0.4, 0.5) is 0 Å². The van der Waals surface area contributed by atoms with Crippen molar-refractivity contribution in [1.82, 2.24) is 10.1 Å². The van der Waals surface area contributed by atoms with Gasteiger partial charge in [0.05, 0.1) is 20.7 Å². The maximum absolute atomic E-state index is 14.0. The van der Waals surface area contributed by atoms with Crippen molar-refractivity contribution in [3.63, 3.8) is 0 Å². The summed E-state index contributed by atoms with van der Waals surface area (Å²) in [5, 5.41) is 17.6. The van der Waals surface area contributed by atoms with E-state index in [2.05, 4.69) is 72.6 Å². The molecular weight excluding hydrogens is 480 g/mol. The lowest BCUT2D eigenvalue weighted by molar-refractivity contribution is 0.0821. The number of carbonyl (C=O) groups is 1. The summed E-state index contributed by atoms with van der Waals surface area (Å²) in [6.45, 7) is 7.54. The van der Waals surface area contributed by atoms with Crippen molar-refractivity contribution in [2.75, 3.05) is 20.7 Å². The van der Waals surface area contributed by atoms with Crippen LogP contribution in [0, 0.1) is 29.6 Å². The Morgan fingerprint density at radius 1 is 1.16 bits per heavy atom. The molecule has 1 saturated carbocycles. The number of hydrogen-bond donors (Lipinski definition) is 1. The largest absolute Gasteiger partial charge is 0.512 e. The van der Waals surface area contributed by atoms with Gasteiger partial charge in [0.1, 0.15) is 11.3 Å². The standard InChI is InChI=1S/C30H38N2O4Si/c1-6-7-15-35-30-24-27(34)23-21(25(32(2)3)28(24)36-31-30)16-20-18-13-14-19(22(20)26(23)33)29(18)37(4,5)17-11-9-8-10-12-17/h8-14,18-22,25,29,33H,6-7,15-16H2,1-5H3/t18-,19+,20+,21-,22-,25-,29?/m1/s1. The molecule has 7 atom stereocenters. The van der Waals surface area contributed by atoms with Crippen molar-refractivity contribution in [2.45, 2.75) is 50.9 Å². The van der Waals surface area contributed by atoms with E-state index in [4.69, 9.17) is 9.26 Å². The maximum atomic E-state index is 14.0. The molecule has 4 aliphatic rings. The van der Waals surface area contributed by atoms with Crippen LogP contribution in [0.3, 0.4) is 0 Å². The predicted molar refractivity (Wildman–Crippen MR) is 146 cm³/mol. The van der Waals surface area contributed by atoms with Crippen LogP contribution in [-0.2, 0) is 0 Å². The molecule has 1 aromatic carbocycles. The van der Waals surface area contributed by atoms with Crippen LogP contribution < -0.4 is 9.92 Å². The fraction of sp³-hybridized carbons (Fsp3) is 0.533. The zero-order valence-corrected chi connectivity index (χ0v) is 23.5. The van der Waals surface area contributed by atoms with Gasteiger partial charge in [-0.1, -0.05) is 74.1 Å².